The lowest BCUT2D eigenvalue weighted by Crippen LogP contribution is -2.49. The van der Waals surface area contributed by atoms with E-state index in [-0.39, 0.29) is 41.7 Å². The maximum Gasteiger partial charge on any atom is 0.437 e. The topological polar surface area (TPSA) is 173 Å². The molecule has 1 aliphatic rings. The van der Waals surface area contributed by atoms with Crippen molar-refractivity contribution in [3.05, 3.63) is 94.0 Å². The van der Waals surface area contributed by atoms with E-state index in [9.17, 15) is 29.1 Å². The molecule has 3 aromatic carbocycles. The summed E-state index contributed by atoms with van der Waals surface area (Å²) in [5.74, 6) is -2.32. The average molecular weight is 707 g/mol. The molecule has 0 saturated heterocycles. The number of aliphatic carboxylic acids is 1. The number of hydrogen-bond acceptors (Lipinski definition) is 8. The van der Waals surface area contributed by atoms with Crippen molar-refractivity contribution in [1.82, 2.24) is 10.2 Å². The molecule has 0 aromatic heterocycles. The van der Waals surface area contributed by atoms with E-state index in [2.05, 4.69) is 15.6 Å². The highest BCUT2D eigenvalue weighted by Crippen LogP contribution is 2.28. The molecule has 1 aliphatic heterocycles. The number of hydrogen-bond donors (Lipinski definition) is 3. The zero-order valence-corrected chi connectivity index (χ0v) is 29.3. The second-order valence-corrected chi connectivity index (χ2v) is 13.8. The Balaban J connectivity index is 1.40. The molecular weight excluding hydrogens is 668 g/mol. The number of carboxylic acid groups (broad SMARTS) is 1. The highest BCUT2D eigenvalue weighted by Gasteiger charge is 2.34. The van der Waals surface area contributed by atoms with Crippen molar-refractivity contribution < 1.29 is 43.3 Å². The third kappa shape index (κ3) is 10.8. The van der Waals surface area contributed by atoms with Crippen LogP contribution in [0, 0.1) is 0 Å². The normalized spacial score (nSPS) is 14.6. The maximum atomic E-state index is 13.3. The number of anilines is 1. The van der Waals surface area contributed by atoms with Gasteiger partial charge in [0.25, 0.3) is 0 Å². The number of ether oxygens (including phenoxy) is 3. The molecule has 4 rings (SSSR count). The van der Waals surface area contributed by atoms with Crippen LogP contribution in [0.5, 0.6) is 5.75 Å². The second kappa shape index (κ2) is 15.4. The van der Waals surface area contributed by atoms with Gasteiger partial charge < -0.3 is 29.5 Å². The van der Waals surface area contributed by atoms with Crippen LogP contribution in [0.15, 0.2) is 71.7 Å². The molecule has 50 heavy (non-hydrogen) atoms. The lowest BCUT2D eigenvalue weighted by molar-refractivity contribution is -0.151. The summed E-state index contributed by atoms with van der Waals surface area (Å²) < 4.78 is 16.0. The van der Waals surface area contributed by atoms with Crippen LogP contribution in [0.3, 0.4) is 0 Å². The Morgan fingerprint density at radius 3 is 2.14 bits per heavy atom. The van der Waals surface area contributed by atoms with E-state index in [1.807, 2.05) is 24.3 Å². The lowest BCUT2D eigenvalue weighted by Gasteiger charge is -2.34. The van der Waals surface area contributed by atoms with Crippen molar-refractivity contribution in [2.24, 2.45) is 4.99 Å². The number of halogens is 1. The molecule has 1 atom stereocenters. The van der Waals surface area contributed by atoms with Crippen LogP contribution in [-0.2, 0) is 38.4 Å². The summed E-state index contributed by atoms with van der Waals surface area (Å²) in [5, 5.41) is 15.1. The van der Waals surface area contributed by atoms with Crippen LogP contribution in [0.25, 0.3) is 0 Å². The third-order valence-electron chi connectivity index (χ3n) is 7.03. The minimum absolute atomic E-state index is 0.127. The summed E-state index contributed by atoms with van der Waals surface area (Å²) in [6, 6.07) is 16.8. The number of guanidine groups is 1. The summed E-state index contributed by atoms with van der Waals surface area (Å²) in [6.07, 6.45) is -1.74. The number of fused-ring (bicyclic) bond motifs is 1. The SMILES string of the molecule is CC(C)(C)OC(=O)/N=C(\NC(=O)OC(C)(C)C)Nc1ccc(C(=O)Oc2ccc(CC(=O)N3Cc4ccccc4C[C@H]3C(=O)O)c(Cl)c2)cc1. The van der Waals surface area contributed by atoms with Crippen molar-refractivity contribution in [3.8, 4) is 5.75 Å². The molecular formula is C36H39ClN4O9. The molecule has 13 nitrogen and oxygen atoms in total. The van der Waals surface area contributed by atoms with Crippen LogP contribution in [0.1, 0.15) is 68.6 Å². The first-order valence-electron chi connectivity index (χ1n) is 15.7. The van der Waals surface area contributed by atoms with Gasteiger partial charge in [0.15, 0.2) is 0 Å². The third-order valence-corrected chi connectivity index (χ3v) is 7.38. The van der Waals surface area contributed by atoms with E-state index in [4.69, 9.17) is 25.8 Å². The number of aliphatic imine (C=N–C) groups is 1. The number of benzene rings is 3. The molecule has 3 amide bonds. The summed E-state index contributed by atoms with van der Waals surface area (Å²) in [7, 11) is 0. The van der Waals surface area contributed by atoms with Gasteiger partial charge in [-0.2, -0.15) is 0 Å². The van der Waals surface area contributed by atoms with E-state index in [1.165, 1.54) is 41.3 Å². The molecule has 0 radical (unpaired) electrons. The number of carbonyl (C=O) groups is 5. The molecule has 0 unspecified atom stereocenters. The van der Waals surface area contributed by atoms with Crippen molar-refractivity contribution >= 4 is 53.3 Å². The van der Waals surface area contributed by atoms with Gasteiger partial charge in [-0.1, -0.05) is 41.9 Å². The fourth-order valence-electron chi connectivity index (χ4n) is 4.86. The predicted octanol–water partition coefficient (Wildman–Crippen LogP) is 6.37. The van der Waals surface area contributed by atoms with Gasteiger partial charge in [-0.05, 0) is 94.6 Å². The van der Waals surface area contributed by atoms with Gasteiger partial charge in [0.05, 0.1) is 12.0 Å². The number of alkyl carbamates (subject to hydrolysis) is 1. The zero-order valence-electron chi connectivity index (χ0n) is 28.5. The minimum atomic E-state index is -1.09. The molecule has 3 N–H and O–H groups in total. The number of carboxylic acids is 1. The highest BCUT2D eigenvalue weighted by molar-refractivity contribution is 6.31. The Morgan fingerprint density at radius 2 is 1.54 bits per heavy atom. The number of nitrogens with one attached hydrogen (secondary N) is 2. The first-order chi connectivity index (χ1) is 23.4. The lowest BCUT2D eigenvalue weighted by atomic mass is 9.93. The van der Waals surface area contributed by atoms with E-state index in [1.54, 1.807) is 47.6 Å². The number of nitrogens with zero attached hydrogens (tertiary/aromatic N) is 2. The summed E-state index contributed by atoms with van der Waals surface area (Å²) in [6.45, 7) is 10.2. The van der Waals surface area contributed by atoms with Crippen molar-refractivity contribution in [2.45, 2.75) is 78.2 Å². The Bertz CT molecular complexity index is 1810. The van der Waals surface area contributed by atoms with Gasteiger partial charge >= 0.3 is 24.1 Å². The monoisotopic (exact) mass is 706 g/mol. The fourth-order valence-corrected chi connectivity index (χ4v) is 5.10. The largest absolute Gasteiger partial charge is 0.480 e. The standard InChI is InChI=1S/C36H39ClN4O9/c1-35(2,3)49-33(46)39-32(40-34(47)50-36(4,5)6)38-25-14-11-21(12-15-25)31(45)48-26-16-13-23(27(37)19-26)18-29(42)41-20-24-10-8-7-9-22(24)17-28(41)30(43)44/h7-16,19,28H,17-18,20H2,1-6H3,(H,43,44)(H2,38,39,40,46,47)/t28-/m0/s1. The Labute approximate surface area is 294 Å². The van der Waals surface area contributed by atoms with Crippen LogP contribution in [0.2, 0.25) is 5.02 Å². The molecule has 0 aliphatic carbocycles. The predicted molar refractivity (Wildman–Crippen MR) is 185 cm³/mol. The molecule has 3 aromatic rings. The van der Waals surface area contributed by atoms with Gasteiger partial charge in [0.1, 0.15) is 23.0 Å². The first-order valence-corrected chi connectivity index (χ1v) is 16.0. The fraction of sp³-hybridized carbons (Fsp3) is 0.333. The van der Waals surface area contributed by atoms with Crippen LogP contribution in [-0.4, -0.2) is 63.2 Å². The minimum Gasteiger partial charge on any atom is -0.480 e. The van der Waals surface area contributed by atoms with Gasteiger partial charge in [-0.15, -0.1) is 4.99 Å². The van der Waals surface area contributed by atoms with Crippen LogP contribution in [0.4, 0.5) is 15.3 Å². The zero-order chi connectivity index (χ0) is 36.8. The average Bonchev–Trinajstić information content (AvgIpc) is 3.00. The maximum absolute atomic E-state index is 13.3. The van der Waals surface area contributed by atoms with Gasteiger partial charge in [-0.3, -0.25) is 10.1 Å². The summed E-state index contributed by atoms with van der Waals surface area (Å²) in [4.78, 5) is 68.0. The highest BCUT2D eigenvalue weighted by atomic mass is 35.5. The Hall–Kier alpha value is -5.43. The van der Waals surface area contributed by atoms with Gasteiger partial charge in [-0.25, -0.2) is 19.2 Å². The molecule has 264 valence electrons. The van der Waals surface area contributed by atoms with E-state index >= 15 is 0 Å². The molecule has 0 saturated carbocycles. The van der Waals surface area contributed by atoms with Crippen molar-refractivity contribution in [2.75, 3.05) is 5.32 Å². The smallest absolute Gasteiger partial charge is 0.437 e. The van der Waals surface area contributed by atoms with Crippen LogP contribution >= 0.6 is 11.6 Å². The second-order valence-electron chi connectivity index (χ2n) is 13.4. The van der Waals surface area contributed by atoms with Gasteiger partial charge in [0.2, 0.25) is 11.9 Å². The number of esters is 1. The molecule has 0 fully saturated rings. The number of amides is 3. The number of carbonyl (C=O) groups excluding carboxylic acids is 4. The molecule has 0 spiro atoms. The molecule has 0 bridgehead atoms. The Morgan fingerprint density at radius 1 is 0.900 bits per heavy atom. The quantitative estimate of drug-likeness (QED) is 0.113. The first kappa shape index (κ1) is 37.4. The van der Waals surface area contributed by atoms with Crippen molar-refractivity contribution in [3.63, 3.8) is 0 Å². The molecule has 14 heteroatoms. The van der Waals surface area contributed by atoms with E-state index in [0.29, 0.717) is 11.3 Å². The Kier molecular flexibility index (Phi) is 11.5. The van der Waals surface area contributed by atoms with Crippen molar-refractivity contribution in [1.29, 1.82) is 0 Å². The molecule has 1 heterocycles. The number of rotatable bonds is 6. The van der Waals surface area contributed by atoms with Crippen LogP contribution < -0.4 is 15.4 Å². The van der Waals surface area contributed by atoms with E-state index < -0.39 is 47.3 Å². The van der Waals surface area contributed by atoms with Gasteiger partial charge in [0, 0.05) is 23.7 Å². The van der Waals surface area contributed by atoms with E-state index in [0.717, 1.165) is 11.1 Å². The summed E-state index contributed by atoms with van der Waals surface area (Å²) in [5.41, 5.74) is 1.12. The summed E-state index contributed by atoms with van der Waals surface area (Å²) >= 11 is 6.46.